The van der Waals surface area contributed by atoms with Crippen molar-refractivity contribution >= 4 is 17.4 Å². The average Bonchev–Trinajstić information content (AvgIpc) is 2.49. The lowest BCUT2D eigenvalue weighted by atomic mass is 9.83. The van der Waals surface area contributed by atoms with E-state index in [1.165, 1.54) is 5.56 Å². The first-order valence-corrected chi connectivity index (χ1v) is 7.55. The molecule has 21 heavy (non-hydrogen) atoms. The van der Waals surface area contributed by atoms with E-state index in [9.17, 15) is 4.79 Å². The van der Waals surface area contributed by atoms with E-state index in [0.29, 0.717) is 22.8 Å². The van der Waals surface area contributed by atoms with Crippen LogP contribution in [0.15, 0.2) is 48.5 Å². The van der Waals surface area contributed by atoms with Crippen LogP contribution >= 0.6 is 11.6 Å². The van der Waals surface area contributed by atoms with Crippen molar-refractivity contribution in [2.45, 2.75) is 31.8 Å². The summed E-state index contributed by atoms with van der Waals surface area (Å²) in [5.74, 6) is 0.755. The van der Waals surface area contributed by atoms with Crippen LogP contribution in [0.5, 0.6) is 5.75 Å². The SMILES string of the molecule is CCC1(Cc2ccccc2)CC(=O)c2cc(Cl)ccc2O1. The highest BCUT2D eigenvalue weighted by Gasteiger charge is 2.39. The summed E-state index contributed by atoms with van der Waals surface area (Å²) in [5, 5.41) is 0.567. The van der Waals surface area contributed by atoms with Gasteiger partial charge in [-0.15, -0.1) is 0 Å². The molecule has 1 aliphatic rings. The Morgan fingerprint density at radius 1 is 1.19 bits per heavy atom. The summed E-state index contributed by atoms with van der Waals surface area (Å²) in [5.41, 5.74) is 1.32. The predicted molar refractivity (Wildman–Crippen MR) is 84.2 cm³/mol. The summed E-state index contributed by atoms with van der Waals surface area (Å²) in [6.07, 6.45) is 1.92. The van der Waals surface area contributed by atoms with E-state index in [1.54, 1.807) is 18.2 Å². The van der Waals surface area contributed by atoms with Crippen LogP contribution in [0.2, 0.25) is 5.02 Å². The Kier molecular flexibility index (Phi) is 3.73. The van der Waals surface area contributed by atoms with Crippen LogP contribution in [-0.2, 0) is 6.42 Å². The van der Waals surface area contributed by atoms with Crippen LogP contribution in [0.3, 0.4) is 0 Å². The van der Waals surface area contributed by atoms with E-state index in [1.807, 2.05) is 18.2 Å². The minimum atomic E-state index is -0.459. The summed E-state index contributed by atoms with van der Waals surface area (Å²) >= 11 is 5.97. The quantitative estimate of drug-likeness (QED) is 0.821. The molecule has 1 heterocycles. The smallest absolute Gasteiger partial charge is 0.170 e. The van der Waals surface area contributed by atoms with Gasteiger partial charge in [-0.05, 0) is 30.2 Å². The van der Waals surface area contributed by atoms with E-state index >= 15 is 0 Å². The molecule has 3 rings (SSSR count). The molecule has 0 radical (unpaired) electrons. The van der Waals surface area contributed by atoms with Gasteiger partial charge < -0.3 is 4.74 Å². The van der Waals surface area contributed by atoms with Crippen molar-refractivity contribution in [2.75, 3.05) is 0 Å². The number of carbonyl (C=O) groups excluding carboxylic acids is 1. The molecule has 0 aliphatic carbocycles. The van der Waals surface area contributed by atoms with Crippen LogP contribution in [-0.4, -0.2) is 11.4 Å². The molecular weight excluding hydrogens is 284 g/mol. The molecule has 0 fully saturated rings. The summed E-state index contributed by atoms with van der Waals surface area (Å²) < 4.78 is 6.22. The molecule has 1 unspecified atom stereocenters. The molecule has 0 bridgehead atoms. The third-order valence-electron chi connectivity index (χ3n) is 4.06. The molecule has 0 spiro atoms. The van der Waals surface area contributed by atoms with Gasteiger partial charge in [0.25, 0.3) is 0 Å². The second-order valence-electron chi connectivity index (χ2n) is 5.54. The Balaban J connectivity index is 1.94. The molecule has 0 N–H and O–H groups in total. The number of ketones is 1. The van der Waals surface area contributed by atoms with Gasteiger partial charge in [0.15, 0.2) is 5.78 Å². The topological polar surface area (TPSA) is 26.3 Å². The Bertz CT molecular complexity index is 666. The van der Waals surface area contributed by atoms with E-state index in [-0.39, 0.29) is 5.78 Å². The van der Waals surface area contributed by atoms with Gasteiger partial charge in [-0.2, -0.15) is 0 Å². The fourth-order valence-electron chi connectivity index (χ4n) is 2.85. The lowest BCUT2D eigenvalue weighted by Gasteiger charge is -2.37. The zero-order chi connectivity index (χ0) is 14.9. The van der Waals surface area contributed by atoms with Gasteiger partial charge in [0.2, 0.25) is 0 Å². The first kappa shape index (κ1) is 14.2. The summed E-state index contributed by atoms with van der Waals surface area (Å²) in [6, 6.07) is 15.4. The van der Waals surface area contributed by atoms with Crippen molar-refractivity contribution in [1.82, 2.24) is 0 Å². The number of Topliss-reactive ketones (excluding diaryl/α,β-unsaturated/α-hetero) is 1. The van der Waals surface area contributed by atoms with E-state index < -0.39 is 5.60 Å². The van der Waals surface area contributed by atoms with Gasteiger partial charge in [-0.3, -0.25) is 4.79 Å². The van der Waals surface area contributed by atoms with Gasteiger partial charge in [-0.25, -0.2) is 0 Å². The normalized spacial score (nSPS) is 20.8. The molecule has 1 atom stereocenters. The molecule has 0 amide bonds. The Hall–Kier alpha value is -1.80. The molecule has 2 aromatic rings. The van der Waals surface area contributed by atoms with Crippen LogP contribution < -0.4 is 4.74 Å². The predicted octanol–water partition coefficient (Wildman–Crippen LogP) is 4.70. The van der Waals surface area contributed by atoms with Crippen molar-refractivity contribution < 1.29 is 9.53 Å². The van der Waals surface area contributed by atoms with Gasteiger partial charge in [0.1, 0.15) is 11.4 Å². The number of fused-ring (bicyclic) bond motifs is 1. The number of carbonyl (C=O) groups is 1. The number of rotatable bonds is 3. The molecule has 108 valence electrons. The molecule has 0 aromatic heterocycles. The molecule has 1 aliphatic heterocycles. The first-order chi connectivity index (χ1) is 10.1. The van der Waals surface area contributed by atoms with Crippen molar-refractivity contribution in [1.29, 1.82) is 0 Å². The molecule has 0 saturated carbocycles. The molecule has 3 heteroatoms. The second-order valence-corrected chi connectivity index (χ2v) is 5.98. The minimum Gasteiger partial charge on any atom is -0.486 e. The number of halogens is 1. The number of ether oxygens (including phenoxy) is 1. The molecule has 2 aromatic carbocycles. The minimum absolute atomic E-state index is 0.108. The zero-order valence-electron chi connectivity index (χ0n) is 11.9. The lowest BCUT2D eigenvalue weighted by Crippen LogP contribution is -2.43. The number of benzene rings is 2. The fourth-order valence-corrected chi connectivity index (χ4v) is 3.03. The average molecular weight is 301 g/mol. The molecule has 2 nitrogen and oxygen atoms in total. The third kappa shape index (κ3) is 2.81. The highest BCUT2D eigenvalue weighted by atomic mass is 35.5. The van der Waals surface area contributed by atoms with E-state index in [2.05, 4.69) is 19.1 Å². The maximum absolute atomic E-state index is 12.5. The summed E-state index contributed by atoms with van der Waals surface area (Å²) in [4.78, 5) is 12.5. The molecule has 0 saturated heterocycles. The van der Waals surface area contributed by atoms with Crippen LogP contribution in [0.1, 0.15) is 35.7 Å². The van der Waals surface area contributed by atoms with Crippen molar-refractivity contribution in [3.05, 3.63) is 64.7 Å². The first-order valence-electron chi connectivity index (χ1n) is 7.17. The highest BCUT2D eigenvalue weighted by Crippen LogP contribution is 2.38. The van der Waals surface area contributed by atoms with Crippen molar-refractivity contribution in [2.24, 2.45) is 0 Å². The van der Waals surface area contributed by atoms with E-state index in [0.717, 1.165) is 12.8 Å². The van der Waals surface area contributed by atoms with Crippen molar-refractivity contribution in [3.8, 4) is 5.75 Å². The zero-order valence-corrected chi connectivity index (χ0v) is 12.7. The summed E-state index contributed by atoms with van der Waals surface area (Å²) in [6.45, 7) is 2.07. The van der Waals surface area contributed by atoms with E-state index in [4.69, 9.17) is 16.3 Å². The van der Waals surface area contributed by atoms with Gasteiger partial charge in [-0.1, -0.05) is 48.9 Å². The Morgan fingerprint density at radius 3 is 2.67 bits per heavy atom. The largest absolute Gasteiger partial charge is 0.486 e. The standard InChI is InChI=1S/C18H17ClO2/c1-2-18(11-13-6-4-3-5-7-13)12-16(20)15-10-14(19)8-9-17(15)21-18/h3-10H,2,11-12H2,1H3. The van der Waals surface area contributed by atoms with Gasteiger partial charge in [0.05, 0.1) is 12.0 Å². The van der Waals surface area contributed by atoms with Gasteiger partial charge >= 0.3 is 0 Å². The fraction of sp³-hybridized carbons (Fsp3) is 0.278. The van der Waals surface area contributed by atoms with Crippen molar-refractivity contribution in [3.63, 3.8) is 0 Å². The van der Waals surface area contributed by atoms with Crippen LogP contribution in [0.25, 0.3) is 0 Å². The lowest BCUT2D eigenvalue weighted by molar-refractivity contribution is 0.0378. The van der Waals surface area contributed by atoms with Crippen LogP contribution in [0, 0.1) is 0 Å². The second kappa shape index (κ2) is 5.53. The maximum atomic E-state index is 12.5. The maximum Gasteiger partial charge on any atom is 0.170 e. The molecular formula is C18H17ClO2. The third-order valence-corrected chi connectivity index (χ3v) is 4.30. The monoisotopic (exact) mass is 300 g/mol. The Labute approximate surface area is 129 Å². The number of hydrogen-bond acceptors (Lipinski definition) is 2. The van der Waals surface area contributed by atoms with Crippen LogP contribution in [0.4, 0.5) is 0 Å². The highest BCUT2D eigenvalue weighted by molar-refractivity contribution is 6.31. The summed E-state index contributed by atoms with van der Waals surface area (Å²) in [7, 11) is 0. The Morgan fingerprint density at radius 2 is 1.95 bits per heavy atom. The van der Waals surface area contributed by atoms with Gasteiger partial charge in [0, 0.05) is 11.4 Å². The number of hydrogen-bond donors (Lipinski definition) is 0.